The van der Waals surface area contributed by atoms with Crippen molar-refractivity contribution in [2.24, 2.45) is 5.73 Å². The van der Waals surface area contributed by atoms with Crippen LogP contribution in [0, 0.1) is 0 Å². The zero-order valence-corrected chi connectivity index (χ0v) is 10.5. The zero-order chi connectivity index (χ0) is 15.2. The van der Waals surface area contributed by atoms with Crippen molar-refractivity contribution in [1.82, 2.24) is 4.98 Å². The van der Waals surface area contributed by atoms with E-state index in [1.165, 1.54) is 18.5 Å². The van der Waals surface area contributed by atoms with Crippen LogP contribution in [0.15, 0.2) is 42.7 Å². The molecule has 20 heavy (non-hydrogen) atoms. The van der Waals surface area contributed by atoms with Crippen molar-refractivity contribution in [3.8, 4) is 5.75 Å². The summed E-state index contributed by atoms with van der Waals surface area (Å²) in [5.74, 6) is -0.158. The molecule has 0 aliphatic carbocycles. The van der Waals surface area contributed by atoms with Gasteiger partial charge in [-0.05, 0) is 23.8 Å². The van der Waals surface area contributed by atoms with Crippen LogP contribution in [0.25, 0.3) is 0 Å². The Morgan fingerprint density at radius 3 is 3.05 bits per heavy atom. The third-order valence-electron chi connectivity index (χ3n) is 2.53. The maximum atomic E-state index is 11.0. The molecule has 2 rings (SSSR count). The molecule has 0 radical (unpaired) electrons. The molecule has 102 valence electrons. The van der Waals surface area contributed by atoms with E-state index in [4.69, 9.17) is 11.8 Å². The van der Waals surface area contributed by atoms with Gasteiger partial charge in [-0.2, -0.15) is 0 Å². The van der Waals surface area contributed by atoms with Crippen LogP contribution in [0.1, 0.15) is 17.3 Å². The molecule has 1 aromatic heterocycles. The Kier molecular flexibility index (Phi) is 3.85. The van der Waals surface area contributed by atoms with Gasteiger partial charge in [-0.15, -0.1) is 0 Å². The molecule has 2 amide bonds. The lowest BCUT2D eigenvalue weighted by molar-refractivity contribution is -0.105. The highest BCUT2D eigenvalue weighted by Crippen LogP contribution is 2.15. The number of ether oxygens (including phenoxy) is 1. The van der Waals surface area contributed by atoms with E-state index in [9.17, 15) is 9.59 Å². The number of carbonyl (C=O) groups excluding carboxylic acids is 2. The summed E-state index contributed by atoms with van der Waals surface area (Å²) >= 11 is 0. The van der Waals surface area contributed by atoms with Gasteiger partial charge in [0.1, 0.15) is 13.7 Å². The van der Waals surface area contributed by atoms with Gasteiger partial charge in [0.2, 0.25) is 12.3 Å². The number of anilines is 1. The minimum Gasteiger partial charge on any atom is -0.487 e. The molecule has 0 aliphatic rings. The topological polar surface area (TPSA) is 94.3 Å². The number of nitrogens with two attached hydrogens (primary N) is 1. The van der Waals surface area contributed by atoms with Crippen molar-refractivity contribution < 1.29 is 15.7 Å². The Morgan fingerprint density at radius 2 is 2.30 bits per heavy atom. The Balaban J connectivity index is 2.04. The first-order chi connectivity index (χ1) is 10.0. The minimum atomic E-state index is -0.883. The number of pyridine rings is 1. The molecule has 0 atom stereocenters. The molecule has 0 bridgehead atoms. The summed E-state index contributed by atoms with van der Waals surface area (Å²) in [6.07, 6.45) is 1.95. The number of hydrogen-bond acceptors (Lipinski definition) is 4. The Hall–Kier alpha value is -2.89. The Bertz CT molecular complexity index is 676. The number of carbonyl (C=O) groups is 2. The number of primary amides is 1. The molecular formula is C14H13N3O3. The first kappa shape index (κ1) is 12.2. The van der Waals surface area contributed by atoms with Gasteiger partial charge in [0.25, 0.3) is 0 Å². The van der Waals surface area contributed by atoms with E-state index in [-0.39, 0.29) is 12.2 Å². The lowest BCUT2D eigenvalue weighted by atomic mass is 10.2. The number of rotatable bonds is 5. The van der Waals surface area contributed by atoms with Crippen molar-refractivity contribution >= 4 is 18.0 Å². The first-order valence-corrected chi connectivity index (χ1v) is 5.79. The second-order valence-electron chi connectivity index (χ2n) is 3.99. The Labute approximate surface area is 117 Å². The number of hydrogen-bond donors (Lipinski definition) is 2. The Morgan fingerprint density at radius 1 is 1.45 bits per heavy atom. The van der Waals surface area contributed by atoms with E-state index in [2.05, 4.69) is 10.3 Å². The van der Waals surface area contributed by atoms with Crippen LogP contribution in [0.4, 0.5) is 5.69 Å². The lowest BCUT2D eigenvalue weighted by Gasteiger charge is -2.08. The van der Waals surface area contributed by atoms with E-state index in [1.54, 1.807) is 18.2 Å². The molecule has 0 saturated heterocycles. The number of amides is 2. The maximum Gasteiger partial charge on any atom is 0.250 e. The van der Waals surface area contributed by atoms with Crippen molar-refractivity contribution in [3.05, 3.63) is 53.9 Å². The van der Waals surface area contributed by atoms with Gasteiger partial charge in [0.15, 0.2) is 0 Å². The van der Waals surface area contributed by atoms with Gasteiger partial charge in [-0.1, -0.05) is 12.1 Å². The molecule has 1 heterocycles. The monoisotopic (exact) mass is 272 g/mol. The molecule has 1 aromatic carbocycles. The predicted octanol–water partition coefficient (Wildman–Crippen LogP) is 1.33. The highest BCUT2D eigenvalue weighted by molar-refractivity contribution is 5.92. The summed E-state index contributed by atoms with van der Waals surface area (Å²) < 4.78 is 12.4. The average molecular weight is 272 g/mol. The van der Waals surface area contributed by atoms with E-state index < -0.39 is 12.3 Å². The fourth-order valence-corrected chi connectivity index (χ4v) is 1.60. The van der Waals surface area contributed by atoms with Crippen molar-refractivity contribution in [1.29, 1.82) is 0 Å². The van der Waals surface area contributed by atoms with Crippen molar-refractivity contribution in [2.75, 3.05) is 5.32 Å². The fourth-order valence-electron chi connectivity index (χ4n) is 1.60. The number of benzene rings is 1. The van der Waals surface area contributed by atoms with Crippen LogP contribution in [-0.4, -0.2) is 17.3 Å². The van der Waals surface area contributed by atoms with E-state index in [1.807, 2.05) is 6.07 Å². The van der Waals surface area contributed by atoms with Crippen LogP contribution in [-0.2, 0) is 11.4 Å². The predicted molar refractivity (Wildman–Crippen MR) is 73.2 cm³/mol. The second kappa shape index (κ2) is 6.33. The molecule has 0 aliphatic heterocycles. The summed E-state index contributed by atoms with van der Waals surface area (Å²) in [6.45, 7) is 0.228. The summed E-state index contributed by atoms with van der Waals surface area (Å²) in [6, 6.07) is 8.42. The van der Waals surface area contributed by atoms with Crippen molar-refractivity contribution in [2.45, 2.75) is 6.61 Å². The SMILES string of the molecule is [2H]C(=O)Nc1cccc(COc2cncc(C(N)=O)c2)c1. The van der Waals surface area contributed by atoms with E-state index >= 15 is 0 Å². The summed E-state index contributed by atoms with van der Waals surface area (Å²) in [5, 5.41) is 2.37. The van der Waals surface area contributed by atoms with Gasteiger partial charge >= 0.3 is 0 Å². The summed E-state index contributed by atoms with van der Waals surface area (Å²) in [7, 11) is 0. The van der Waals surface area contributed by atoms with Crippen LogP contribution < -0.4 is 15.8 Å². The van der Waals surface area contributed by atoms with Crippen LogP contribution >= 0.6 is 0 Å². The lowest BCUT2D eigenvalue weighted by Crippen LogP contribution is -2.11. The molecule has 2 aromatic rings. The molecule has 0 saturated carbocycles. The summed E-state index contributed by atoms with van der Waals surface area (Å²) in [4.78, 5) is 25.6. The van der Waals surface area contributed by atoms with Gasteiger partial charge in [0.05, 0.1) is 11.8 Å². The van der Waals surface area contributed by atoms with Crippen molar-refractivity contribution in [3.63, 3.8) is 0 Å². The second-order valence-corrected chi connectivity index (χ2v) is 3.99. The van der Waals surface area contributed by atoms with Gasteiger partial charge < -0.3 is 15.8 Å². The fraction of sp³-hybridized carbons (Fsp3) is 0.0714. The molecule has 0 spiro atoms. The molecule has 3 N–H and O–H groups in total. The minimum absolute atomic E-state index is 0.228. The molecule has 0 unspecified atom stereocenters. The standard InChI is InChI=1S/C14H13N3O3/c15-14(19)11-5-13(7-16-6-11)20-8-10-2-1-3-12(4-10)17-9-18/h1-7,9H,8H2,(H2,15,19)(H,17,18)/i9D. The zero-order valence-electron chi connectivity index (χ0n) is 11.5. The highest BCUT2D eigenvalue weighted by Gasteiger charge is 2.03. The normalized spacial score (nSPS) is 10.5. The average Bonchev–Trinajstić information content (AvgIpc) is 2.45. The van der Waals surface area contributed by atoms with Gasteiger partial charge in [-0.25, -0.2) is 0 Å². The smallest absolute Gasteiger partial charge is 0.250 e. The molecule has 0 fully saturated rings. The third-order valence-corrected chi connectivity index (χ3v) is 2.53. The largest absolute Gasteiger partial charge is 0.487 e. The van der Waals surface area contributed by atoms with E-state index in [0.29, 0.717) is 11.4 Å². The quantitative estimate of drug-likeness (QED) is 0.803. The van der Waals surface area contributed by atoms with Gasteiger partial charge in [0, 0.05) is 11.9 Å². The third kappa shape index (κ3) is 3.55. The van der Waals surface area contributed by atoms with Gasteiger partial charge in [-0.3, -0.25) is 14.6 Å². The first-order valence-electron chi connectivity index (χ1n) is 6.29. The molecule has 6 heteroatoms. The number of nitrogens with zero attached hydrogens (tertiary/aromatic N) is 1. The molecule has 6 nitrogen and oxygen atoms in total. The number of nitrogens with one attached hydrogen (secondary N) is 1. The highest BCUT2D eigenvalue weighted by atomic mass is 16.5. The maximum absolute atomic E-state index is 11.0. The molecular weight excluding hydrogens is 258 g/mol. The van der Waals surface area contributed by atoms with Crippen LogP contribution in [0.2, 0.25) is 0 Å². The van der Waals surface area contributed by atoms with Crippen LogP contribution in [0.5, 0.6) is 5.75 Å². The summed E-state index contributed by atoms with van der Waals surface area (Å²) in [5.41, 5.74) is 6.74. The van der Waals surface area contributed by atoms with E-state index in [0.717, 1.165) is 5.56 Å². The number of aromatic nitrogens is 1. The van der Waals surface area contributed by atoms with Crippen LogP contribution in [0.3, 0.4) is 0 Å².